The molecule has 8 heteroatoms. The van der Waals surface area contributed by atoms with Crippen LogP contribution < -0.4 is 5.32 Å². The number of nitrogens with one attached hydrogen (secondary N) is 1. The number of carbonyl (C=O) groups excluding carboxylic acids is 1. The summed E-state index contributed by atoms with van der Waals surface area (Å²) in [7, 11) is -3.37. The van der Waals surface area contributed by atoms with Gasteiger partial charge in [-0.3, -0.25) is 9.69 Å². The minimum Gasteiger partial charge on any atom is -0.324 e. The van der Waals surface area contributed by atoms with E-state index in [1.165, 1.54) is 4.31 Å². The Labute approximate surface area is 177 Å². The number of carbonyl (C=O) groups is 1. The predicted molar refractivity (Wildman–Crippen MR) is 116 cm³/mol. The number of hydrogen-bond acceptors (Lipinski definition) is 4. The van der Waals surface area contributed by atoms with Gasteiger partial charge in [0.15, 0.2) is 0 Å². The zero-order valence-electron chi connectivity index (χ0n) is 16.6. The Bertz CT molecular complexity index is 958. The summed E-state index contributed by atoms with van der Waals surface area (Å²) in [4.78, 5) is 14.7. The zero-order valence-corrected chi connectivity index (χ0v) is 18.2. The van der Waals surface area contributed by atoms with Crippen LogP contribution in [0.4, 0.5) is 5.69 Å². The third-order valence-electron chi connectivity index (χ3n) is 5.31. The molecule has 0 radical (unpaired) electrons. The van der Waals surface area contributed by atoms with E-state index >= 15 is 0 Å². The van der Waals surface area contributed by atoms with Gasteiger partial charge in [0.1, 0.15) is 0 Å². The van der Waals surface area contributed by atoms with E-state index in [4.69, 9.17) is 11.6 Å². The molecule has 0 aliphatic carbocycles. The summed E-state index contributed by atoms with van der Waals surface area (Å²) in [6, 6.07) is 14.2. The predicted octanol–water partition coefficient (Wildman–Crippen LogP) is 3.12. The molecule has 1 atom stereocenters. The molecule has 1 saturated heterocycles. The van der Waals surface area contributed by atoms with Crippen LogP contribution in [-0.4, -0.2) is 55.8 Å². The van der Waals surface area contributed by atoms with Crippen molar-refractivity contribution in [1.82, 2.24) is 9.21 Å². The van der Waals surface area contributed by atoms with Crippen LogP contribution in [0.25, 0.3) is 0 Å². The largest absolute Gasteiger partial charge is 0.324 e. The molecule has 1 N–H and O–H groups in total. The molecule has 6 nitrogen and oxygen atoms in total. The van der Waals surface area contributed by atoms with Crippen LogP contribution in [0.3, 0.4) is 0 Å². The van der Waals surface area contributed by atoms with Crippen LogP contribution in [0.15, 0.2) is 48.5 Å². The summed E-state index contributed by atoms with van der Waals surface area (Å²) >= 11 is 6.12. The number of nitrogens with zero attached hydrogens (tertiary/aromatic N) is 2. The lowest BCUT2D eigenvalue weighted by Crippen LogP contribution is -2.54. The molecular formula is C21H26ClN3O3S. The summed E-state index contributed by atoms with van der Waals surface area (Å²) in [6.45, 7) is 5.47. The molecule has 1 heterocycles. The second-order valence-electron chi connectivity index (χ2n) is 7.25. The van der Waals surface area contributed by atoms with Crippen LogP contribution >= 0.6 is 11.6 Å². The highest BCUT2D eigenvalue weighted by molar-refractivity contribution is 7.88. The molecule has 1 aliphatic rings. The number of amides is 1. The molecule has 0 spiro atoms. The third kappa shape index (κ3) is 5.36. The lowest BCUT2D eigenvalue weighted by molar-refractivity contribution is -0.121. The van der Waals surface area contributed by atoms with Crippen molar-refractivity contribution in [2.45, 2.75) is 25.6 Å². The van der Waals surface area contributed by atoms with Gasteiger partial charge in [-0.05, 0) is 37.1 Å². The van der Waals surface area contributed by atoms with Gasteiger partial charge in [0, 0.05) is 36.9 Å². The molecule has 3 rings (SSSR count). The SMILES string of the molecule is Cc1c(Cl)cccc1NC(=O)[C@@H](C)N1CCN(S(=O)(=O)Cc2ccccc2)CC1. The van der Waals surface area contributed by atoms with E-state index < -0.39 is 10.0 Å². The minimum atomic E-state index is -3.37. The van der Waals surface area contributed by atoms with Crippen molar-refractivity contribution in [3.05, 3.63) is 64.7 Å². The van der Waals surface area contributed by atoms with E-state index in [2.05, 4.69) is 5.32 Å². The first kappa shape index (κ1) is 21.8. The summed E-state index contributed by atoms with van der Waals surface area (Å²) in [5, 5.41) is 3.53. The molecule has 1 amide bonds. The van der Waals surface area contributed by atoms with E-state index in [9.17, 15) is 13.2 Å². The van der Waals surface area contributed by atoms with E-state index in [1.54, 1.807) is 12.1 Å². The summed E-state index contributed by atoms with van der Waals surface area (Å²) in [5.74, 6) is -0.131. The molecule has 2 aromatic carbocycles. The number of benzene rings is 2. The van der Waals surface area contributed by atoms with Crippen LogP contribution in [0.1, 0.15) is 18.1 Å². The Balaban J connectivity index is 1.57. The molecule has 2 aromatic rings. The van der Waals surface area contributed by atoms with Gasteiger partial charge in [0.2, 0.25) is 15.9 Å². The summed E-state index contributed by atoms with van der Waals surface area (Å²) < 4.78 is 26.9. The molecule has 0 unspecified atom stereocenters. The van der Waals surface area contributed by atoms with Crippen molar-refractivity contribution in [1.29, 1.82) is 0 Å². The molecule has 1 aliphatic heterocycles. The normalized spacial score (nSPS) is 17.1. The smallest absolute Gasteiger partial charge is 0.241 e. The second-order valence-corrected chi connectivity index (χ2v) is 9.63. The number of piperazine rings is 1. The first-order valence-electron chi connectivity index (χ1n) is 9.60. The minimum absolute atomic E-state index is 0.00206. The van der Waals surface area contributed by atoms with Gasteiger partial charge in [0.25, 0.3) is 0 Å². The maximum absolute atomic E-state index is 12.7. The number of anilines is 1. The van der Waals surface area contributed by atoms with Crippen LogP contribution in [0, 0.1) is 6.92 Å². The van der Waals surface area contributed by atoms with Crippen molar-refractivity contribution >= 4 is 33.2 Å². The third-order valence-corrected chi connectivity index (χ3v) is 7.57. The molecule has 0 bridgehead atoms. The Morgan fingerprint density at radius 3 is 2.38 bits per heavy atom. The van der Waals surface area contributed by atoms with Crippen LogP contribution in [0.5, 0.6) is 0 Å². The van der Waals surface area contributed by atoms with Gasteiger partial charge >= 0.3 is 0 Å². The number of hydrogen-bond donors (Lipinski definition) is 1. The second kappa shape index (κ2) is 9.26. The van der Waals surface area contributed by atoms with Gasteiger partial charge in [-0.1, -0.05) is 48.0 Å². The van der Waals surface area contributed by atoms with Gasteiger partial charge < -0.3 is 5.32 Å². The Kier molecular flexibility index (Phi) is 6.95. The molecule has 29 heavy (non-hydrogen) atoms. The highest BCUT2D eigenvalue weighted by Gasteiger charge is 2.31. The molecule has 0 saturated carbocycles. The first-order chi connectivity index (χ1) is 13.8. The molecule has 156 valence electrons. The van der Waals surface area contributed by atoms with Crippen molar-refractivity contribution < 1.29 is 13.2 Å². The van der Waals surface area contributed by atoms with Gasteiger partial charge in [-0.2, -0.15) is 4.31 Å². The Morgan fingerprint density at radius 2 is 1.72 bits per heavy atom. The zero-order chi connectivity index (χ0) is 21.0. The van der Waals surface area contributed by atoms with Gasteiger partial charge in [0.05, 0.1) is 11.8 Å². The van der Waals surface area contributed by atoms with Crippen molar-refractivity contribution in [2.24, 2.45) is 0 Å². The molecule has 1 fully saturated rings. The fourth-order valence-electron chi connectivity index (χ4n) is 3.39. The highest BCUT2D eigenvalue weighted by Crippen LogP contribution is 2.23. The van der Waals surface area contributed by atoms with E-state index in [0.29, 0.717) is 36.9 Å². The van der Waals surface area contributed by atoms with Crippen LogP contribution in [-0.2, 0) is 20.6 Å². The van der Waals surface area contributed by atoms with E-state index in [-0.39, 0.29) is 17.7 Å². The van der Waals surface area contributed by atoms with Crippen molar-refractivity contribution in [3.63, 3.8) is 0 Å². The lowest BCUT2D eigenvalue weighted by atomic mass is 10.1. The topological polar surface area (TPSA) is 69.7 Å². The number of sulfonamides is 1. The Morgan fingerprint density at radius 1 is 1.07 bits per heavy atom. The monoisotopic (exact) mass is 435 g/mol. The fourth-order valence-corrected chi connectivity index (χ4v) is 5.08. The Hall–Kier alpha value is -1.93. The molecule has 0 aromatic heterocycles. The maximum atomic E-state index is 12.7. The standard InChI is InChI=1S/C21H26ClN3O3S/c1-16-19(22)9-6-10-20(16)23-21(26)17(2)24-11-13-25(14-12-24)29(27,28)15-18-7-4-3-5-8-18/h3-10,17H,11-15H2,1-2H3,(H,23,26)/t17-/m1/s1. The summed E-state index contributed by atoms with van der Waals surface area (Å²) in [5.41, 5.74) is 2.30. The van der Waals surface area contributed by atoms with Gasteiger partial charge in [-0.25, -0.2) is 8.42 Å². The van der Waals surface area contributed by atoms with E-state index in [0.717, 1.165) is 11.1 Å². The average Bonchev–Trinajstić information content (AvgIpc) is 2.71. The average molecular weight is 436 g/mol. The van der Waals surface area contributed by atoms with Crippen molar-refractivity contribution in [2.75, 3.05) is 31.5 Å². The van der Waals surface area contributed by atoms with Gasteiger partial charge in [-0.15, -0.1) is 0 Å². The quantitative estimate of drug-likeness (QED) is 0.756. The molecular weight excluding hydrogens is 410 g/mol. The van der Waals surface area contributed by atoms with Crippen LogP contribution in [0.2, 0.25) is 5.02 Å². The first-order valence-corrected chi connectivity index (χ1v) is 11.6. The number of halogens is 1. The maximum Gasteiger partial charge on any atom is 0.241 e. The van der Waals surface area contributed by atoms with E-state index in [1.807, 2.05) is 55.1 Å². The lowest BCUT2D eigenvalue weighted by Gasteiger charge is -2.36. The number of rotatable bonds is 6. The fraction of sp³-hybridized carbons (Fsp3) is 0.381. The summed E-state index contributed by atoms with van der Waals surface area (Å²) in [6.07, 6.45) is 0. The highest BCUT2D eigenvalue weighted by atomic mass is 35.5. The van der Waals surface area contributed by atoms with Crippen molar-refractivity contribution in [3.8, 4) is 0 Å².